The SMILES string of the molecule is N/C=C1/C(=O)CCCC1=Nc1ccc(F)cc1F. The third kappa shape index (κ3) is 2.45. The minimum Gasteiger partial charge on any atom is -0.404 e. The highest BCUT2D eigenvalue weighted by molar-refractivity contribution is 6.24. The largest absolute Gasteiger partial charge is 0.404 e. The molecular weight excluding hydrogens is 238 g/mol. The van der Waals surface area contributed by atoms with Crippen LogP contribution in [0.15, 0.2) is 35.0 Å². The van der Waals surface area contributed by atoms with Crippen molar-refractivity contribution in [2.45, 2.75) is 19.3 Å². The smallest absolute Gasteiger partial charge is 0.166 e. The van der Waals surface area contributed by atoms with Crippen LogP contribution in [0.2, 0.25) is 0 Å². The first-order chi connectivity index (χ1) is 8.61. The molecule has 0 atom stereocenters. The van der Waals surface area contributed by atoms with Gasteiger partial charge in [0.05, 0.1) is 17.0 Å². The van der Waals surface area contributed by atoms with Crippen LogP contribution in [-0.2, 0) is 4.79 Å². The fourth-order valence-electron chi connectivity index (χ4n) is 1.87. The molecule has 1 aliphatic rings. The Bertz CT molecular complexity index is 550. The molecule has 2 N–H and O–H groups in total. The average molecular weight is 250 g/mol. The number of rotatable bonds is 1. The first-order valence-corrected chi connectivity index (χ1v) is 5.60. The summed E-state index contributed by atoms with van der Waals surface area (Å²) in [6.07, 6.45) is 2.85. The fraction of sp³-hybridized carbons (Fsp3) is 0.231. The molecule has 1 saturated carbocycles. The van der Waals surface area contributed by atoms with E-state index in [1.54, 1.807) is 0 Å². The summed E-state index contributed by atoms with van der Waals surface area (Å²) in [5.74, 6) is -1.51. The van der Waals surface area contributed by atoms with Crippen LogP contribution in [0.1, 0.15) is 19.3 Å². The highest BCUT2D eigenvalue weighted by Gasteiger charge is 2.21. The van der Waals surface area contributed by atoms with Crippen molar-refractivity contribution in [2.75, 3.05) is 0 Å². The summed E-state index contributed by atoms with van der Waals surface area (Å²) in [5.41, 5.74) is 6.18. The summed E-state index contributed by atoms with van der Waals surface area (Å²) in [6, 6.07) is 3.12. The van der Waals surface area contributed by atoms with E-state index >= 15 is 0 Å². The van der Waals surface area contributed by atoms with Gasteiger partial charge in [-0.2, -0.15) is 0 Å². The Kier molecular flexibility index (Phi) is 3.50. The molecule has 2 rings (SSSR count). The first kappa shape index (κ1) is 12.4. The molecule has 0 amide bonds. The van der Waals surface area contributed by atoms with Gasteiger partial charge in [-0.1, -0.05) is 0 Å². The second kappa shape index (κ2) is 5.08. The highest BCUT2D eigenvalue weighted by atomic mass is 19.1. The van der Waals surface area contributed by atoms with Crippen LogP contribution in [0.4, 0.5) is 14.5 Å². The van der Waals surface area contributed by atoms with E-state index in [1.165, 1.54) is 12.3 Å². The van der Waals surface area contributed by atoms with Gasteiger partial charge in [-0.25, -0.2) is 13.8 Å². The van der Waals surface area contributed by atoms with E-state index in [4.69, 9.17) is 5.73 Å². The Labute approximate surface area is 103 Å². The zero-order chi connectivity index (χ0) is 13.1. The van der Waals surface area contributed by atoms with Gasteiger partial charge >= 0.3 is 0 Å². The van der Waals surface area contributed by atoms with Gasteiger partial charge in [-0.15, -0.1) is 0 Å². The fourth-order valence-corrected chi connectivity index (χ4v) is 1.87. The highest BCUT2D eigenvalue weighted by Crippen LogP contribution is 2.24. The third-order valence-corrected chi connectivity index (χ3v) is 2.76. The first-order valence-electron chi connectivity index (χ1n) is 5.60. The van der Waals surface area contributed by atoms with Crippen LogP contribution in [0.5, 0.6) is 0 Å². The second-order valence-corrected chi connectivity index (χ2v) is 4.01. The molecule has 0 saturated heterocycles. The van der Waals surface area contributed by atoms with Crippen molar-refractivity contribution >= 4 is 17.2 Å². The number of carbonyl (C=O) groups excluding carboxylic acids is 1. The van der Waals surface area contributed by atoms with Crippen molar-refractivity contribution in [3.63, 3.8) is 0 Å². The predicted octanol–water partition coefficient (Wildman–Crippen LogP) is 2.63. The number of nitrogens with zero attached hydrogens (tertiary/aromatic N) is 1. The summed E-state index contributed by atoms with van der Waals surface area (Å²) in [5, 5.41) is 0. The molecule has 0 aromatic heterocycles. The maximum atomic E-state index is 13.5. The molecule has 5 heteroatoms. The third-order valence-electron chi connectivity index (χ3n) is 2.76. The van der Waals surface area contributed by atoms with E-state index in [2.05, 4.69) is 4.99 Å². The number of aliphatic imine (C=N–C) groups is 1. The Morgan fingerprint density at radius 2 is 2.06 bits per heavy atom. The van der Waals surface area contributed by atoms with Gasteiger partial charge in [0.2, 0.25) is 0 Å². The lowest BCUT2D eigenvalue weighted by Gasteiger charge is -2.15. The Morgan fingerprint density at radius 3 is 2.72 bits per heavy atom. The monoisotopic (exact) mass is 250 g/mol. The normalized spacial score (nSPS) is 20.7. The van der Waals surface area contributed by atoms with Gasteiger partial charge in [0.25, 0.3) is 0 Å². The molecule has 94 valence electrons. The predicted molar refractivity (Wildman–Crippen MR) is 64.6 cm³/mol. The quantitative estimate of drug-likeness (QED) is 0.779. The number of allylic oxidation sites excluding steroid dienone is 1. The molecule has 0 heterocycles. The van der Waals surface area contributed by atoms with Crippen molar-refractivity contribution in [3.8, 4) is 0 Å². The van der Waals surface area contributed by atoms with Gasteiger partial charge in [0.15, 0.2) is 11.6 Å². The zero-order valence-corrected chi connectivity index (χ0v) is 9.62. The van der Waals surface area contributed by atoms with Crippen LogP contribution in [-0.4, -0.2) is 11.5 Å². The number of benzene rings is 1. The minimum absolute atomic E-state index is 0.0143. The van der Waals surface area contributed by atoms with Crippen LogP contribution >= 0.6 is 0 Å². The van der Waals surface area contributed by atoms with E-state index in [-0.39, 0.29) is 11.5 Å². The lowest BCUT2D eigenvalue weighted by Crippen LogP contribution is -2.20. The number of nitrogens with two attached hydrogens (primary N) is 1. The lowest BCUT2D eigenvalue weighted by atomic mass is 9.92. The summed E-state index contributed by atoms with van der Waals surface area (Å²) < 4.78 is 26.2. The average Bonchev–Trinajstić information content (AvgIpc) is 2.33. The molecule has 0 bridgehead atoms. The number of Topliss-reactive ketones (excluding diaryl/α,β-unsaturated/α-hetero) is 1. The van der Waals surface area contributed by atoms with Gasteiger partial charge in [-0.3, -0.25) is 4.79 Å². The molecule has 1 aliphatic carbocycles. The van der Waals surface area contributed by atoms with Crippen LogP contribution in [0.3, 0.4) is 0 Å². The number of hydrogen-bond donors (Lipinski definition) is 1. The molecule has 3 nitrogen and oxygen atoms in total. The van der Waals surface area contributed by atoms with E-state index < -0.39 is 11.6 Å². The number of carbonyl (C=O) groups is 1. The maximum absolute atomic E-state index is 13.5. The van der Waals surface area contributed by atoms with Crippen molar-refractivity contribution in [1.82, 2.24) is 0 Å². The standard InChI is InChI=1S/C13H12F2N2O/c14-8-4-5-12(10(15)6-8)17-11-2-1-3-13(18)9(11)7-16/h4-7H,1-3,16H2/b9-7+,17-11?. The van der Waals surface area contributed by atoms with Crippen LogP contribution < -0.4 is 5.73 Å². The van der Waals surface area contributed by atoms with E-state index in [9.17, 15) is 13.6 Å². The Morgan fingerprint density at radius 1 is 1.28 bits per heavy atom. The summed E-state index contributed by atoms with van der Waals surface area (Å²) in [7, 11) is 0. The van der Waals surface area contributed by atoms with E-state index in [1.807, 2.05) is 0 Å². The number of ketones is 1. The van der Waals surface area contributed by atoms with Crippen molar-refractivity contribution in [3.05, 3.63) is 41.6 Å². The van der Waals surface area contributed by atoms with Crippen molar-refractivity contribution in [2.24, 2.45) is 10.7 Å². The van der Waals surface area contributed by atoms with Gasteiger partial charge < -0.3 is 5.73 Å². The van der Waals surface area contributed by atoms with Gasteiger partial charge in [0, 0.05) is 18.7 Å². The summed E-state index contributed by atoms with van der Waals surface area (Å²) in [6.45, 7) is 0. The zero-order valence-electron chi connectivity index (χ0n) is 9.62. The molecule has 1 fully saturated rings. The van der Waals surface area contributed by atoms with Crippen molar-refractivity contribution in [1.29, 1.82) is 0 Å². The van der Waals surface area contributed by atoms with Crippen molar-refractivity contribution < 1.29 is 13.6 Å². The molecule has 0 aliphatic heterocycles. The number of hydrogen-bond acceptors (Lipinski definition) is 3. The molecule has 1 aromatic carbocycles. The molecule has 1 aromatic rings. The molecule has 0 spiro atoms. The van der Waals surface area contributed by atoms with E-state index in [0.29, 0.717) is 30.5 Å². The Balaban J connectivity index is 2.40. The van der Waals surface area contributed by atoms with E-state index in [0.717, 1.165) is 12.1 Å². The minimum atomic E-state index is -0.753. The molecule has 0 radical (unpaired) electrons. The Hall–Kier alpha value is -2.04. The van der Waals surface area contributed by atoms with Gasteiger partial charge in [0.1, 0.15) is 5.82 Å². The lowest BCUT2D eigenvalue weighted by molar-refractivity contribution is -0.115. The topological polar surface area (TPSA) is 55.5 Å². The summed E-state index contributed by atoms with van der Waals surface area (Å²) >= 11 is 0. The molecule has 0 unspecified atom stereocenters. The van der Waals surface area contributed by atoms with Crippen LogP contribution in [0, 0.1) is 11.6 Å². The maximum Gasteiger partial charge on any atom is 0.166 e. The molecular formula is C13H12F2N2O. The number of halogens is 2. The summed E-state index contributed by atoms with van der Waals surface area (Å²) in [4.78, 5) is 15.6. The van der Waals surface area contributed by atoms with Gasteiger partial charge in [-0.05, 0) is 25.0 Å². The second-order valence-electron chi connectivity index (χ2n) is 4.01. The van der Waals surface area contributed by atoms with Crippen LogP contribution in [0.25, 0.3) is 0 Å². The molecule has 18 heavy (non-hydrogen) atoms.